The summed E-state index contributed by atoms with van der Waals surface area (Å²) in [5.41, 5.74) is 2.88. The third kappa shape index (κ3) is 3.12. The van der Waals surface area contributed by atoms with Crippen molar-refractivity contribution in [1.82, 2.24) is 10.2 Å². The van der Waals surface area contributed by atoms with Crippen LogP contribution >= 0.6 is 0 Å². The van der Waals surface area contributed by atoms with Crippen LogP contribution in [-0.4, -0.2) is 37.1 Å². The molecule has 0 atom stereocenters. The zero-order valence-electron chi connectivity index (χ0n) is 14.7. The smallest absolute Gasteiger partial charge is 0.194 e. The van der Waals surface area contributed by atoms with Gasteiger partial charge in [0.15, 0.2) is 5.96 Å². The van der Waals surface area contributed by atoms with Crippen molar-refractivity contribution >= 4 is 5.96 Å². The number of rotatable bonds is 4. The summed E-state index contributed by atoms with van der Waals surface area (Å²) in [5, 5.41) is 3.48. The molecule has 1 N–H and O–H groups in total. The van der Waals surface area contributed by atoms with E-state index in [1.165, 1.54) is 11.1 Å². The highest BCUT2D eigenvalue weighted by molar-refractivity contribution is 5.82. The molecule has 0 amide bonds. The van der Waals surface area contributed by atoms with E-state index >= 15 is 0 Å². The van der Waals surface area contributed by atoms with E-state index in [2.05, 4.69) is 67.2 Å². The number of guanidine groups is 1. The fourth-order valence-electron chi connectivity index (χ4n) is 2.80. The molecule has 0 saturated carbocycles. The summed E-state index contributed by atoms with van der Waals surface area (Å²) in [5.74, 6) is 0.977. The normalized spacial score (nSPS) is 19.7. The van der Waals surface area contributed by atoms with Crippen LogP contribution in [-0.2, 0) is 17.9 Å². The molecule has 1 heterocycles. The minimum absolute atomic E-state index is 0.122. The van der Waals surface area contributed by atoms with Gasteiger partial charge in [-0.05, 0) is 25.0 Å². The lowest BCUT2D eigenvalue weighted by Gasteiger charge is -2.62. The third-order valence-electron chi connectivity index (χ3n) is 5.14. The number of methoxy groups -OCH3 is 1. The molecule has 0 aromatic heterocycles. The van der Waals surface area contributed by atoms with E-state index in [9.17, 15) is 0 Å². The number of aliphatic imine (C=N–C) groups is 1. The average Bonchev–Trinajstić information content (AvgIpc) is 2.48. The Kier molecular flexibility index (Phi) is 4.81. The van der Waals surface area contributed by atoms with Crippen LogP contribution in [0.15, 0.2) is 29.3 Å². The SMILES string of the molecule is CN=C(NCc1ccc(COC)cc1)N1CC(C)(C)C1(C)C. The molecule has 0 bridgehead atoms. The van der Waals surface area contributed by atoms with Gasteiger partial charge in [0.25, 0.3) is 0 Å². The summed E-state index contributed by atoms with van der Waals surface area (Å²) >= 11 is 0. The summed E-state index contributed by atoms with van der Waals surface area (Å²) in [7, 11) is 3.57. The van der Waals surface area contributed by atoms with Crippen LogP contribution in [0, 0.1) is 5.41 Å². The lowest BCUT2D eigenvalue weighted by atomic mass is 9.65. The summed E-state index contributed by atoms with van der Waals surface area (Å²) in [6.07, 6.45) is 0. The van der Waals surface area contributed by atoms with E-state index in [1.54, 1.807) is 7.11 Å². The zero-order valence-corrected chi connectivity index (χ0v) is 14.7. The van der Waals surface area contributed by atoms with Crippen molar-refractivity contribution in [3.8, 4) is 0 Å². The van der Waals surface area contributed by atoms with Gasteiger partial charge in [-0.25, -0.2) is 0 Å². The Hall–Kier alpha value is -1.55. The molecule has 1 aromatic rings. The van der Waals surface area contributed by atoms with E-state index in [4.69, 9.17) is 4.74 Å². The van der Waals surface area contributed by atoms with Crippen LogP contribution in [0.4, 0.5) is 0 Å². The Morgan fingerprint density at radius 1 is 1.18 bits per heavy atom. The van der Waals surface area contributed by atoms with E-state index in [-0.39, 0.29) is 5.54 Å². The van der Waals surface area contributed by atoms with E-state index < -0.39 is 0 Å². The molecule has 122 valence electrons. The number of hydrogen-bond acceptors (Lipinski definition) is 2. The summed E-state index contributed by atoms with van der Waals surface area (Å²) in [6, 6.07) is 8.50. The van der Waals surface area contributed by atoms with Crippen LogP contribution in [0.5, 0.6) is 0 Å². The summed E-state index contributed by atoms with van der Waals surface area (Å²) in [4.78, 5) is 6.80. The maximum atomic E-state index is 5.14. The maximum absolute atomic E-state index is 5.14. The van der Waals surface area contributed by atoms with Gasteiger partial charge in [-0.3, -0.25) is 4.99 Å². The number of ether oxygens (including phenoxy) is 1. The van der Waals surface area contributed by atoms with Crippen LogP contribution in [0.25, 0.3) is 0 Å². The Labute approximate surface area is 134 Å². The Morgan fingerprint density at radius 3 is 2.23 bits per heavy atom. The number of hydrogen-bond donors (Lipinski definition) is 1. The Balaban J connectivity index is 1.95. The predicted molar refractivity (Wildman–Crippen MR) is 91.9 cm³/mol. The first kappa shape index (κ1) is 16.8. The molecule has 1 aliphatic rings. The summed E-state index contributed by atoms with van der Waals surface area (Å²) < 4.78 is 5.14. The van der Waals surface area contributed by atoms with Crippen LogP contribution in [0.2, 0.25) is 0 Å². The van der Waals surface area contributed by atoms with Gasteiger partial charge < -0.3 is 15.0 Å². The van der Waals surface area contributed by atoms with Crippen molar-refractivity contribution in [2.24, 2.45) is 10.4 Å². The molecule has 1 aliphatic heterocycles. The molecular formula is C18H29N3O. The highest BCUT2D eigenvalue weighted by Gasteiger charge is 2.53. The van der Waals surface area contributed by atoms with Crippen molar-refractivity contribution < 1.29 is 4.74 Å². The minimum atomic E-state index is 0.122. The standard InChI is InChI=1S/C18H29N3O/c1-17(2)13-21(18(17,3)4)16(19-5)20-11-14-7-9-15(10-8-14)12-22-6/h7-10H,11-13H2,1-6H3,(H,19,20). The van der Waals surface area contributed by atoms with E-state index in [0.29, 0.717) is 12.0 Å². The Bertz CT molecular complexity index is 532. The lowest BCUT2D eigenvalue weighted by molar-refractivity contribution is -0.0667. The second-order valence-electron chi connectivity index (χ2n) is 7.18. The molecule has 1 aromatic carbocycles. The van der Waals surface area contributed by atoms with Crippen LogP contribution < -0.4 is 5.32 Å². The fourth-order valence-corrected chi connectivity index (χ4v) is 2.80. The minimum Gasteiger partial charge on any atom is -0.380 e. The van der Waals surface area contributed by atoms with Gasteiger partial charge in [0.1, 0.15) is 0 Å². The van der Waals surface area contributed by atoms with Crippen molar-refractivity contribution in [3.63, 3.8) is 0 Å². The number of nitrogens with zero attached hydrogens (tertiary/aromatic N) is 2. The number of benzene rings is 1. The molecule has 4 nitrogen and oxygen atoms in total. The molecule has 0 aliphatic carbocycles. The second kappa shape index (κ2) is 6.29. The molecule has 0 spiro atoms. The molecule has 4 heteroatoms. The third-order valence-corrected chi connectivity index (χ3v) is 5.14. The van der Waals surface area contributed by atoms with Gasteiger partial charge in [-0.15, -0.1) is 0 Å². The molecule has 2 rings (SSSR count). The molecular weight excluding hydrogens is 274 g/mol. The molecule has 1 saturated heterocycles. The topological polar surface area (TPSA) is 36.9 Å². The quantitative estimate of drug-likeness (QED) is 0.686. The van der Waals surface area contributed by atoms with Gasteiger partial charge in [-0.1, -0.05) is 38.1 Å². The average molecular weight is 303 g/mol. The first-order valence-electron chi connectivity index (χ1n) is 7.87. The highest BCUT2D eigenvalue weighted by atomic mass is 16.5. The highest BCUT2D eigenvalue weighted by Crippen LogP contribution is 2.46. The summed E-state index contributed by atoms with van der Waals surface area (Å²) in [6.45, 7) is 11.7. The van der Waals surface area contributed by atoms with Crippen LogP contribution in [0.3, 0.4) is 0 Å². The predicted octanol–water partition coefficient (Wildman–Crippen LogP) is 3.03. The zero-order chi connectivity index (χ0) is 16.4. The van der Waals surface area contributed by atoms with Gasteiger partial charge in [0.2, 0.25) is 0 Å². The number of likely N-dealkylation sites (tertiary alicyclic amines) is 1. The largest absolute Gasteiger partial charge is 0.380 e. The van der Waals surface area contributed by atoms with Gasteiger partial charge in [-0.2, -0.15) is 0 Å². The molecule has 0 unspecified atom stereocenters. The van der Waals surface area contributed by atoms with Crippen LogP contribution in [0.1, 0.15) is 38.8 Å². The van der Waals surface area contributed by atoms with Gasteiger partial charge >= 0.3 is 0 Å². The van der Waals surface area contributed by atoms with E-state index in [1.807, 2.05) is 7.05 Å². The Morgan fingerprint density at radius 2 is 1.77 bits per heavy atom. The second-order valence-corrected chi connectivity index (χ2v) is 7.18. The van der Waals surface area contributed by atoms with Crippen molar-refractivity contribution in [1.29, 1.82) is 0 Å². The molecule has 22 heavy (non-hydrogen) atoms. The van der Waals surface area contributed by atoms with Crippen molar-refractivity contribution in [2.45, 2.75) is 46.4 Å². The number of nitrogens with one attached hydrogen (secondary N) is 1. The van der Waals surface area contributed by atoms with Gasteiger partial charge in [0, 0.05) is 38.2 Å². The monoisotopic (exact) mass is 303 g/mol. The maximum Gasteiger partial charge on any atom is 0.194 e. The molecule has 0 radical (unpaired) electrons. The van der Waals surface area contributed by atoms with Crippen molar-refractivity contribution in [2.75, 3.05) is 20.7 Å². The fraction of sp³-hybridized carbons (Fsp3) is 0.611. The first-order chi connectivity index (χ1) is 10.3. The van der Waals surface area contributed by atoms with E-state index in [0.717, 1.165) is 19.0 Å². The molecule has 1 fully saturated rings. The first-order valence-corrected chi connectivity index (χ1v) is 7.87. The van der Waals surface area contributed by atoms with Gasteiger partial charge in [0.05, 0.1) is 6.61 Å². The van der Waals surface area contributed by atoms with Crippen molar-refractivity contribution in [3.05, 3.63) is 35.4 Å². The lowest BCUT2D eigenvalue weighted by Crippen LogP contribution is -2.72.